The van der Waals surface area contributed by atoms with E-state index in [-0.39, 0.29) is 17.7 Å². The highest BCUT2D eigenvalue weighted by molar-refractivity contribution is 7.18. The van der Waals surface area contributed by atoms with E-state index in [1.807, 2.05) is 18.2 Å². The molecule has 6 nitrogen and oxygen atoms in total. The van der Waals surface area contributed by atoms with Crippen LogP contribution in [0.5, 0.6) is 17.2 Å². The molecule has 0 radical (unpaired) electrons. The first-order valence-corrected chi connectivity index (χ1v) is 10.9. The van der Waals surface area contributed by atoms with Crippen molar-refractivity contribution in [2.24, 2.45) is 5.92 Å². The summed E-state index contributed by atoms with van der Waals surface area (Å²) in [5.74, 6) is 1.56. The van der Waals surface area contributed by atoms with Crippen LogP contribution in [0.25, 0.3) is 10.2 Å². The van der Waals surface area contributed by atoms with Gasteiger partial charge in [-0.05, 0) is 25.0 Å². The predicted molar refractivity (Wildman–Crippen MR) is 119 cm³/mol. The number of benzene rings is 2. The molecular weight excluding hydrogens is 400 g/mol. The number of hydrogen-bond acceptors (Lipinski definition) is 6. The molecule has 1 amide bonds. The Morgan fingerprint density at radius 1 is 1.03 bits per heavy atom. The fourth-order valence-electron chi connectivity index (χ4n) is 4.18. The number of carbonyl (C=O) groups is 1. The Balaban J connectivity index is 1.59. The van der Waals surface area contributed by atoms with Crippen LogP contribution in [-0.4, -0.2) is 32.2 Å². The monoisotopic (exact) mass is 426 g/mol. The number of carbonyl (C=O) groups excluding carboxylic acids is 1. The highest BCUT2D eigenvalue weighted by Gasteiger charge is 2.34. The molecule has 0 unspecified atom stereocenters. The number of ether oxygens (including phenoxy) is 3. The maximum atomic E-state index is 13.3. The molecule has 1 heterocycles. The molecular formula is C23H26N2O4S. The quantitative estimate of drug-likeness (QED) is 0.584. The van der Waals surface area contributed by atoms with Crippen molar-refractivity contribution >= 4 is 33.1 Å². The van der Waals surface area contributed by atoms with Gasteiger partial charge in [0, 0.05) is 29.7 Å². The van der Waals surface area contributed by atoms with Gasteiger partial charge in [-0.3, -0.25) is 4.79 Å². The number of hydrogen-bond donors (Lipinski definition) is 1. The molecule has 1 aliphatic rings. The Morgan fingerprint density at radius 3 is 2.40 bits per heavy atom. The van der Waals surface area contributed by atoms with Gasteiger partial charge in [-0.15, -0.1) is 11.3 Å². The highest BCUT2D eigenvalue weighted by atomic mass is 32.1. The van der Waals surface area contributed by atoms with E-state index < -0.39 is 0 Å². The van der Waals surface area contributed by atoms with Crippen LogP contribution in [0, 0.1) is 5.92 Å². The fourth-order valence-corrected chi connectivity index (χ4v) is 5.34. The Hall–Kier alpha value is -2.80. The summed E-state index contributed by atoms with van der Waals surface area (Å²) in [4.78, 5) is 18.1. The SMILES string of the molecule is COc1cc(NC(=O)[C@H]2CCCC[C@H]2c2nc3ccccc3s2)cc(OC)c1OC. The number of amides is 1. The van der Waals surface area contributed by atoms with Crippen molar-refractivity contribution in [3.05, 3.63) is 41.4 Å². The number of nitrogens with one attached hydrogen (secondary N) is 1. The van der Waals surface area contributed by atoms with Crippen LogP contribution in [0.1, 0.15) is 36.6 Å². The van der Waals surface area contributed by atoms with E-state index in [1.54, 1.807) is 44.8 Å². The molecule has 1 saturated carbocycles. The van der Waals surface area contributed by atoms with Crippen LogP contribution >= 0.6 is 11.3 Å². The molecule has 158 valence electrons. The van der Waals surface area contributed by atoms with E-state index in [2.05, 4.69) is 11.4 Å². The standard InChI is InChI=1S/C23H26N2O4S/c1-27-18-12-14(13-19(28-2)21(18)29-3)24-22(26)15-8-4-5-9-16(15)23-25-17-10-6-7-11-20(17)30-23/h6-7,10-13,15-16H,4-5,8-9H2,1-3H3,(H,24,26)/t15-,16+/m0/s1. The zero-order valence-corrected chi connectivity index (χ0v) is 18.3. The van der Waals surface area contributed by atoms with Crippen molar-refractivity contribution in [2.45, 2.75) is 31.6 Å². The van der Waals surface area contributed by atoms with E-state index in [1.165, 1.54) is 4.70 Å². The van der Waals surface area contributed by atoms with Crippen molar-refractivity contribution < 1.29 is 19.0 Å². The lowest BCUT2D eigenvalue weighted by Gasteiger charge is -2.29. The number of methoxy groups -OCH3 is 3. The van der Waals surface area contributed by atoms with Gasteiger partial charge in [-0.25, -0.2) is 4.98 Å². The van der Waals surface area contributed by atoms with E-state index in [9.17, 15) is 4.79 Å². The van der Waals surface area contributed by atoms with Crippen LogP contribution in [0.2, 0.25) is 0 Å². The number of anilines is 1. The second-order valence-electron chi connectivity index (χ2n) is 7.42. The van der Waals surface area contributed by atoms with Crippen LogP contribution in [-0.2, 0) is 4.79 Å². The van der Waals surface area contributed by atoms with Crippen molar-refractivity contribution in [2.75, 3.05) is 26.6 Å². The van der Waals surface area contributed by atoms with Crippen LogP contribution in [0.15, 0.2) is 36.4 Å². The minimum Gasteiger partial charge on any atom is -0.493 e. The third kappa shape index (κ3) is 3.94. The summed E-state index contributed by atoms with van der Waals surface area (Å²) in [6, 6.07) is 11.7. The fraction of sp³-hybridized carbons (Fsp3) is 0.391. The second kappa shape index (κ2) is 8.92. The van der Waals surface area contributed by atoms with Gasteiger partial charge in [0.15, 0.2) is 11.5 Å². The topological polar surface area (TPSA) is 69.7 Å². The van der Waals surface area contributed by atoms with Gasteiger partial charge < -0.3 is 19.5 Å². The summed E-state index contributed by atoms with van der Waals surface area (Å²) >= 11 is 1.70. The highest BCUT2D eigenvalue weighted by Crippen LogP contribution is 2.43. The number of rotatable bonds is 6. The van der Waals surface area contributed by atoms with Gasteiger partial charge in [-0.2, -0.15) is 0 Å². The van der Waals surface area contributed by atoms with Crippen molar-refractivity contribution in [1.29, 1.82) is 0 Å². The Kier molecular flexibility index (Phi) is 6.08. The Labute approximate surface area is 180 Å². The van der Waals surface area contributed by atoms with Crippen LogP contribution in [0.3, 0.4) is 0 Å². The lowest BCUT2D eigenvalue weighted by atomic mass is 9.79. The molecule has 0 saturated heterocycles. The molecule has 2 aromatic carbocycles. The molecule has 1 N–H and O–H groups in total. The average molecular weight is 427 g/mol. The molecule has 1 aromatic heterocycles. The predicted octanol–water partition coefficient (Wildman–Crippen LogP) is 5.23. The number of fused-ring (bicyclic) bond motifs is 1. The third-order valence-electron chi connectivity index (χ3n) is 5.66. The number of aromatic nitrogens is 1. The van der Waals surface area contributed by atoms with Crippen LogP contribution in [0.4, 0.5) is 5.69 Å². The minimum atomic E-state index is -0.113. The molecule has 3 aromatic rings. The van der Waals surface area contributed by atoms with Gasteiger partial charge in [-0.1, -0.05) is 25.0 Å². The summed E-state index contributed by atoms with van der Waals surface area (Å²) in [5.41, 5.74) is 1.63. The molecule has 1 fully saturated rings. The zero-order valence-electron chi connectivity index (χ0n) is 17.4. The molecule has 4 rings (SSSR count). The molecule has 0 bridgehead atoms. The second-order valence-corrected chi connectivity index (χ2v) is 8.48. The average Bonchev–Trinajstić information content (AvgIpc) is 3.22. The summed E-state index contributed by atoms with van der Waals surface area (Å²) in [6.07, 6.45) is 4.01. The normalized spacial score (nSPS) is 18.8. The summed E-state index contributed by atoms with van der Waals surface area (Å²) in [7, 11) is 4.68. The van der Waals surface area contributed by atoms with Gasteiger partial charge in [0.25, 0.3) is 0 Å². The first kappa shape index (κ1) is 20.5. The van der Waals surface area contributed by atoms with Gasteiger partial charge >= 0.3 is 0 Å². The molecule has 0 aliphatic heterocycles. The Morgan fingerprint density at radius 2 is 1.73 bits per heavy atom. The maximum absolute atomic E-state index is 13.3. The van der Waals surface area contributed by atoms with E-state index in [0.29, 0.717) is 22.9 Å². The maximum Gasteiger partial charge on any atom is 0.228 e. The number of nitrogens with zero attached hydrogens (tertiary/aromatic N) is 1. The summed E-state index contributed by atoms with van der Waals surface area (Å²) < 4.78 is 17.3. The van der Waals surface area contributed by atoms with Crippen molar-refractivity contribution in [3.63, 3.8) is 0 Å². The number of para-hydroxylation sites is 1. The lowest BCUT2D eigenvalue weighted by Crippen LogP contribution is -2.30. The first-order chi connectivity index (χ1) is 14.6. The smallest absolute Gasteiger partial charge is 0.228 e. The molecule has 30 heavy (non-hydrogen) atoms. The van der Waals surface area contributed by atoms with E-state index >= 15 is 0 Å². The number of thiazole rings is 1. The minimum absolute atomic E-state index is 0.00762. The third-order valence-corrected chi connectivity index (χ3v) is 6.83. The largest absolute Gasteiger partial charge is 0.493 e. The van der Waals surface area contributed by atoms with Gasteiger partial charge in [0.05, 0.1) is 36.6 Å². The Bertz CT molecular complexity index is 991. The van der Waals surface area contributed by atoms with Crippen molar-refractivity contribution in [3.8, 4) is 17.2 Å². The summed E-state index contributed by atoms with van der Waals surface area (Å²) in [6.45, 7) is 0. The van der Waals surface area contributed by atoms with E-state index in [4.69, 9.17) is 19.2 Å². The lowest BCUT2D eigenvalue weighted by molar-refractivity contribution is -0.121. The summed E-state index contributed by atoms with van der Waals surface area (Å²) in [5, 5.41) is 4.12. The van der Waals surface area contributed by atoms with Gasteiger partial charge in [0.2, 0.25) is 11.7 Å². The first-order valence-electron chi connectivity index (χ1n) is 10.1. The van der Waals surface area contributed by atoms with E-state index in [0.717, 1.165) is 36.2 Å². The van der Waals surface area contributed by atoms with Crippen LogP contribution < -0.4 is 19.5 Å². The molecule has 1 aliphatic carbocycles. The molecule has 0 spiro atoms. The molecule has 7 heteroatoms. The van der Waals surface area contributed by atoms with Crippen molar-refractivity contribution in [1.82, 2.24) is 4.98 Å². The zero-order chi connectivity index (χ0) is 21.1. The van der Waals surface area contributed by atoms with Gasteiger partial charge in [0.1, 0.15) is 0 Å². The molecule has 2 atom stereocenters.